The molecule has 3 N–H and O–H groups in total. The highest BCUT2D eigenvalue weighted by Gasteiger charge is 2.40. The molecule has 0 aliphatic carbocycles. The molecular weight excluding hydrogens is 600 g/mol. The highest BCUT2D eigenvalue weighted by Crippen LogP contribution is 2.40. The third-order valence-corrected chi connectivity index (χ3v) is 7.78. The lowest BCUT2D eigenvalue weighted by Gasteiger charge is -2.43. The number of benzene rings is 3. The standard InChI is InChI=1S/C30H28F8N4O2/c31-22-5-1-18(2-6-22)27(19-3-7-23(32)8-4-19)24-14-42(15-26-39-28(43)41-40-26)10-9-25(24)44-16-17-11-20(29(33,34)35)13-21(12-17)30(36,37)38/h1-8,11-13,24-27,40H,9-10,14-16H2,(H2,39,41,43). The minimum absolute atomic E-state index is 0.0641. The van der Waals surface area contributed by atoms with Gasteiger partial charge in [-0.15, -0.1) is 0 Å². The summed E-state index contributed by atoms with van der Waals surface area (Å²) in [6.45, 7) is 0.599. The van der Waals surface area contributed by atoms with Gasteiger partial charge in [-0.1, -0.05) is 24.3 Å². The maximum Gasteiger partial charge on any atom is 0.416 e. The topological polar surface area (TPSA) is 65.6 Å². The number of hydrazine groups is 1. The second kappa shape index (κ2) is 12.7. The number of amides is 2. The van der Waals surface area contributed by atoms with Gasteiger partial charge in [-0.25, -0.2) is 19.0 Å². The van der Waals surface area contributed by atoms with E-state index >= 15 is 0 Å². The van der Waals surface area contributed by atoms with Gasteiger partial charge >= 0.3 is 18.4 Å². The van der Waals surface area contributed by atoms with Gasteiger partial charge in [0.25, 0.3) is 0 Å². The summed E-state index contributed by atoms with van der Waals surface area (Å²) < 4.78 is 115. The van der Waals surface area contributed by atoms with Gasteiger partial charge in [0.15, 0.2) is 0 Å². The molecule has 3 unspecified atom stereocenters. The lowest BCUT2D eigenvalue weighted by atomic mass is 9.75. The van der Waals surface area contributed by atoms with Crippen molar-refractivity contribution < 1.29 is 44.7 Å². The van der Waals surface area contributed by atoms with E-state index in [2.05, 4.69) is 16.2 Å². The van der Waals surface area contributed by atoms with Crippen LogP contribution in [0.4, 0.5) is 39.9 Å². The van der Waals surface area contributed by atoms with Crippen LogP contribution in [0.2, 0.25) is 0 Å². The Morgan fingerprint density at radius 2 is 1.39 bits per heavy atom. The van der Waals surface area contributed by atoms with Gasteiger partial charge in [-0.2, -0.15) is 26.3 Å². The largest absolute Gasteiger partial charge is 0.416 e. The molecular formula is C30H28F8N4O2. The van der Waals surface area contributed by atoms with Crippen LogP contribution in [-0.4, -0.2) is 42.8 Å². The predicted molar refractivity (Wildman–Crippen MR) is 143 cm³/mol. The van der Waals surface area contributed by atoms with Crippen molar-refractivity contribution in [2.24, 2.45) is 5.92 Å². The van der Waals surface area contributed by atoms with Gasteiger partial charge in [0.05, 0.1) is 23.8 Å². The summed E-state index contributed by atoms with van der Waals surface area (Å²) in [6, 6.07) is 12.3. The van der Waals surface area contributed by atoms with E-state index in [9.17, 15) is 39.9 Å². The maximum absolute atomic E-state index is 13.9. The fraction of sp³-hybridized carbons (Fsp3) is 0.367. The van der Waals surface area contributed by atoms with E-state index < -0.39 is 71.9 Å². The molecule has 2 saturated heterocycles. The second-order valence-corrected chi connectivity index (χ2v) is 10.9. The smallest absolute Gasteiger partial charge is 0.373 e. The predicted octanol–water partition coefficient (Wildman–Crippen LogP) is 6.19. The van der Waals surface area contributed by atoms with E-state index in [1.165, 1.54) is 24.3 Å². The zero-order chi connectivity index (χ0) is 31.6. The first-order valence-corrected chi connectivity index (χ1v) is 13.7. The number of rotatable bonds is 8. The van der Waals surface area contributed by atoms with Crippen molar-refractivity contribution in [3.8, 4) is 0 Å². The number of alkyl halides is 6. The molecule has 0 spiro atoms. The summed E-state index contributed by atoms with van der Waals surface area (Å²) >= 11 is 0. The van der Waals surface area contributed by atoms with E-state index in [1.807, 2.05) is 4.90 Å². The van der Waals surface area contributed by atoms with Crippen molar-refractivity contribution >= 4 is 6.03 Å². The lowest BCUT2D eigenvalue weighted by Crippen LogP contribution is -2.52. The van der Waals surface area contributed by atoms with Crippen molar-refractivity contribution in [2.75, 3.05) is 19.6 Å². The van der Waals surface area contributed by atoms with E-state index in [0.717, 1.165) is 0 Å². The third-order valence-electron chi connectivity index (χ3n) is 7.78. The van der Waals surface area contributed by atoms with Gasteiger partial charge in [0.1, 0.15) is 17.8 Å². The quantitative estimate of drug-likeness (QED) is 0.261. The van der Waals surface area contributed by atoms with Crippen molar-refractivity contribution in [1.29, 1.82) is 0 Å². The fourth-order valence-corrected chi connectivity index (χ4v) is 5.79. The first-order chi connectivity index (χ1) is 20.8. The molecule has 2 aliphatic heterocycles. The monoisotopic (exact) mass is 628 g/mol. The van der Waals surface area contributed by atoms with Gasteiger partial charge in [-0.05, 0) is 65.6 Å². The molecule has 0 bridgehead atoms. The first-order valence-electron chi connectivity index (χ1n) is 13.7. The van der Waals surface area contributed by atoms with Crippen LogP contribution < -0.4 is 16.2 Å². The zero-order valence-electron chi connectivity index (χ0n) is 23.0. The molecule has 3 aromatic carbocycles. The number of nitrogens with one attached hydrogen (secondary N) is 3. The number of carbonyl (C=O) groups excluding carboxylic acids is 1. The average Bonchev–Trinajstić information content (AvgIpc) is 3.38. The van der Waals surface area contributed by atoms with Crippen LogP contribution in [0.15, 0.2) is 66.7 Å². The summed E-state index contributed by atoms with van der Waals surface area (Å²) in [5, 5.41) is 2.71. The van der Waals surface area contributed by atoms with Gasteiger partial charge in [0, 0.05) is 31.5 Å². The summed E-state index contributed by atoms with van der Waals surface area (Å²) in [5.41, 5.74) is 3.41. The van der Waals surface area contributed by atoms with Crippen LogP contribution in [0, 0.1) is 17.6 Å². The van der Waals surface area contributed by atoms with E-state index in [1.54, 1.807) is 24.3 Å². The normalized spacial score (nSPS) is 21.4. The molecule has 6 nitrogen and oxygen atoms in total. The zero-order valence-corrected chi connectivity index (χ0v) is 23.0. The molecule has 2 heterocycles. The number of halogens is 8. The molecule has 44 heavy (non-hydrogen) atoms. The second-order valence-electron chi connectivity index (χ2n) is 10.9. The van der Waals surface area contributed by atoms with Crippen LogP contribution in [-0.2, 0) is 23.7 Å². The van der Waals surface area contributed by atoms with Crippen LogP contribution in [0.5, 0.6) is 0 Å². The Bertz CT molecular complexity index is 1370. The van der Waals surface area contributed by atoms with Crippen LogP contribution >= 0.6 is 0 Å². The number of piperidine rings is 1. The molecule has 2 fully saturated rings. The molecule has 0 radical (unpaired) electrons. The maximum atomic E-state index is 13.9. The number of urea groups is 1. The fourth-order valence-electron chi connectivity index (χ4n) is 5.79. The first kappa shape index (κ1) is 31.7. The number of ether oxygens (including phenoxy) is 1. The summed E-state index contributed by atoms with van der Waals surface area (Å²) in [4.78, 5) is 13.6. The SMILES string of the molecule is O=C1NNC(CN2CCC(OCc3cc(C(F)(F)F)cc(C(F)(F)F)c3)C(C(c3ccc(F)cc3)c3ccc(F)cc3)C2)N1. The van der Waals surface area contributed by atoms with Crippen molar-refractivity contribution in [3.63, 3.8) is 0 Å². The lowest BCUT2D eigenvalue weighted by molar-refractivity contribution is -0.143. The van der Waals surface area contributed by atoms with E-state index in [-0.39, 0.29) is 11.6 Å². The number of likely N-dealkylation sites (tertiary alicyclic amines) is 1. The number of nitrogens with zero attached hydrogens (tertiary/aromatic N) is 1. The van der Waals surface area contributed by atoms with Gasteiger partial charge in [-0.3, -0.25) is 10.3 Å². The molecule has 2 amide bonds. The Hall–Kier alpha value is -3.75. The van der Waals surface area contributed by atoms with Gasteiger partial charge in [0.2, 0.25) is 0 Å². The minimum atomic E-state index is -5.00. The summed E-state index contributed by atoms with van der Waals surface area (Å²) in [7, 11) is 0. The van der Waals surface area contributed by atoms with Crippen molar-refractivity contribution in [1.82, 2.24) is 21.1 Å². The Morgan fingerprint density at radius 3 is 1.86 bits per heavy atom. The molecule has 5 rings (SSSR count). The van der Waals surface area contributed by atoms with Crippen molar-refractivity contribution in [2.45, 2.75) is 43.6 Å². The molecule has 236 valence electrons. The molecule has 14 heteroatoms. The van der Waals surface area contributed by atoms with Crippen LogP contribution in [0.25, 0.3) is 0 Å². The summed E-state index contributed by atoms with van der Waals surface area (Å²) in [6.07, 6.45) is -10.8. The number of hydrogen-bond donors (Lipinski definition) is 3. The molecule has 3 atom stereocenters. The average molecular weight is 629 g/mol. The number of hydrogen-bond acceptors (Lipinski definition) is 4. The molecule has 0 saturated carbocycles. The van der Waals surface area contributed by atoms with E-state index in [0.29, 0.717) is 49.3 Å². The highest BCUT2D eigenvalue weighted by molar-refractivity contribution is 5.75. The third kappa shape index (κ3) is 7.66. The molecule has 3 aromatic rings. The molecule has 2 aliphatic rings. The Labute approximate surface area is 247 Å². The highest BCUT2D eigenvalue weighted by atomic mass is 19.4. The Morgan fingerprint density at radius 1 is 0.841 bits per heavy atom. The summed E-state index contributed by atoms with van der Waals surface area (Å²) in [5.74, 6) is -1.94. The number of carbonyl (C=O) groups is 1. The van der Waals surface area contributed by atoms with Crippen molar-refractivity contribution in [3.05, 3.63) is 106 Å². The van der Waals surface area contributed by atoms with Crippen LogP contribution in [0.3, 0.4) is 0 Å². The van der Waals surface area contributed by atoms with Crippen LogP contribution in [0.1, 0.15) is 40.2 Å². The Kier molecular flexibility index (Phi) is 9.14. The van der Waals surface area contributed by atoms with E-state index in [4.69, 9.17) is 4.74 Å². The van der Waals surface area contributed by atoms with Gasteiger partial charge < -0.3 is 10.1 Å². The Balaban J connectivity index is 1.47. The minimum Gasteiger partial charge on any atom is -0.373 e. The molecule has 0 aromatic heterocycles.